The number of thioether (sulfide) groups is 1. The predicted molar refractivity (Wildman–Crippen MR) is 123 cm³/mol. The average Bonchev–Trinajstić information content (AvgIpc) is 2.97. The molecule has 2 aromatic carbocycles. The van der Waals surface area contributed by atoms with Crippen molar-refractivity contribution in [3.8, 4) is 0 Å². The molecule has 1 aliphatic rings. The van der Waals surface area contributed by atoms with Crippen LogP contribution < -0.4 is 0 Å². The van der Waals surface area contributed by atoms with E-state index in [9.17, 15) is 9.59 Å². The van der Waals surface area contributed by atoms with Gasteiger partial charge in [-0.1, -0.05) is 84.1 Å². The highest BCUT2D eigenvalue weighted by molar-refractivity contribution is 8.26. The maximum absolute atomic E-state index is 12.7. The molecular formula is C22H21ClN2O2S2. The van der Waals surface area contributed by atoms with E-state index in [1.165, 1.54) is 11.8 Å². The van der Waals surface area contributed by atoms with Crippen LogP contribution in [0.1, 0.15) is 24.0 Å². The Morgan fingerprint density at radius 1 is 1.17 bits per heavy atom. The Kier molecular flexibility index (Phi) is 7.47. The van der Waals surface area contributed by atoms with E-state index in [-0.39, 0.29) is 11.8 Å². The molecule has 7 heteroatoms. The van der Waals surface area contributed by atoms with E-state index < -0.39 is 0 Å². The lowest BCUT2D eigenvalue weighted by Crippen LogP contribution is -2.31. The molecule has 0 saturated carbocycles. The first-order chi connectivity index (χ1) is 14.0. The normalized spacial score (nSPS) is 15.2. The lowest BCUT2D eigenvalue weighted by Gasteiger charge is -2.19. The first-order valence-electron chi connectivity index (χ1n) is 9.23. The molecule has 4 nitrogen and oxygen atoms in total. The number of carbonyl (C=O) groups excluding carboxylic acids is 2. The van der Waals surface area contributed by atoms with Crippen LogP contribution in [0.3, 0.4) is 0 Å². The minimum Gasteiger partial charge on any atom is -0.341 e. The van der Waals surface area contributed by atoms with Gasteiger partial charge in [-0.25, -0.2) is 0 Å². The van der Waals surface area contributed by atoms with E-state index in [4.69, 9.17) is 23.8 Å². The van der Waals surface area contributed by atoms with Gasteiger partial charge in [0.2, 0.25) is 5.91 Å². The van der Waals surface area contributed by atoms with E-state index >= 15 is 0 Å². The smallest absolute Gasteiger partial charge is 0.266 e. The SMILES string of the molecule is CN(Cc1ccccc1)C(=O)CCCN1C(=O)C(=Cc2ccccc2Cl)SC1=S. The first kappa shape index (κ1) is 21.6. The number of carbonyl (C=O) groups is 2. The summed E-state index contributed by atoms with van der Waals surface area (Å²) in [6.45, 7) is 0.997. The van der Waals surface area contributed by atoms with Crippen molar-refractivity contribution in [2.75, 3.05) is 13.6 Å². The number of benzene rings is 2. The fourth-order valence-electron chi connectivity index (χ4n) is 2.95. The molecule has 29 heavy (non-hydrogen) atoms. The van der Waals surface area contributed by atoms with Crippen LogP contribution in [0.5, 0.6) is 0 Å². The molecule has 1 fully saturated rings. The molecule has 1 saturated heterocycles. The van der Waals surface area contributed by atoms with Gasteiger partial charge in [-0.15, -0.1) is 0 Å². The fourth-order valence-corrected chi connectivity index (χ4v) is 4.44. The Hall–Kier alpha value is -2.15. The summed E-state index contributed by atoms with van der Waals surface area (Å²) in [5, 5.41) is 0.588. The van der Waals surface area contributed by atoms with Gasteiger partial charge in [0, 0.05) is 31.6 Å². The van der Waals surface area contributed by atoms with Crippen LogP contribution in [0.25, 0.3) is 6.08 Å². The van der Waals surface area contributed by atoms with Gasteiger partial charge in [0.1, 0.15) is 4.32 Å². The van der Waals surface area contributed by atoms with Crippen LogP contribution in [0.4, 0.5) is 0 Å². The Morgan fingerprint density at radius 2 is 1.86 bits per heavy atom. The van der Waals surface area contributed by atoms with Crippen LogP contribution in [-0.4, -0.2) is 39.5 Å². The molecule has 150 valence electrons. The van der Waals surface area contributed by atoms with Crippen molar-refractivity contribution in [3.63, 3.8) is 0 Å². The number of halogens is 1. The van der Waals surface area contributed by atoms with Crippen LogP contribution in [-0.2, 0) is 16.1 Å². The summed E-state index contributed by atoms with van der Waals surface area (Å²) in [6.07, 6.45) is 2.69. The molecule has 0 N–H and O–H groups in total. The van der Waals surface area contributed by atoms with Gasteiger partial charge in [0.05, 0.1) is 4.91 Å². The quantitative estimate of drug-likeness (QED) is 0.446. The number of amides is 2. The Labute approximate surface area is 185 Å². The molecule has 2 amide bonds. The summed E-state index contributed by atoms with van der Waals surface area (Å²) >= 11 is 12.8. The molecule has 1 heterocycles. The minimum absolute atomic E-state index is 0.0471. The fraction of sp³-hybridized carbons (Fsp3) is 0.227. The Morgan fingerprint density at radius 3 is 2.59 bits per heavy atom. The predicted octanol–water partition coefficient (Wildman–Crippen LogP) is 4.98. The second kappa shape index (κ2) is 10.1. The number of rotatable bonds is 7. The summed E-state index contributed by atoms with van der Waals surface area (Å²) in [6, 6.07) is 17.2. The summed E-state index contributed by atoms with van der Waals surface area (Å²) in [7, 11) is 1.79. The maximum atomic E-state index is 12.7. The lowest BCUT2D eigenvalue weighted by atomic mass is 10.2. The maximum Gasteiger partial charge on any atom is 0.266 e. The van der Waals surface area contributed by atoms with Gasteiger partial charge in [0.25, 0.3) is 5.91 Å². The first-order valence-corrected chi connectivity index (χ1v) is 10.8. The Bertz CT molecular complexity index is 947. The molecule has 0 aromatic heterocycles. The van der Waals surface area contributed by atoms with Crippen molar-refractivity contribution >= 4 is 57.8 Å². The van der Waals surface area contributed by atoms with Crippen molar-refractivity contribution in [3.05, 3.63) is 75.7 Å². The molecule has 1 aliphatic heterocycles. The summed E-state index contributed by atoms with van der Waals surface area (Å²) in [5.41, 5.74) is 1.87. The van der Waals surface area contributed by atoms with Crippen molar-refractivity contribution in [2.45, 2.75) is 19.4 Å². The molecule has 0 bridgehead atoms. The molecule has 0 radical (unpaired) electrons. The lowest BCUT2D eigenvalue weighted by molar-refractivity contribution is -0.131. The second-order valence-corrected chi connectivity index (χ2v) is 8.78. The van der Waals surface area contributed by atoms with Gasteiger partial charge >= 0.3 is 0 Å². The topological polar surface area (TPSA) is 40.6 Å². The number of nitrogens with zero attached hydrogens (tertiary/aromatic N) is 2. The van der Waals surface area contributed by atoms with E-state index in [1.54, 1.807) is 29.0 Å². The third-order valence-corrected chi connectivity index (χ3v) is 6.25. The van der Waals surface area contributed by atoms with E-state index in [1.807, 2.05) is 48.5 Å². The zero-order valence-electron chi connectivity index (χ0n) is 16.0. The molecule has 0 spiro atoms. The molecular weight excluding hydrogens is 424 g/mol. The Balaban J connectivity index is 1.53. The van der Waals surface area contributed by atoms with Gasteiger partial charge < -0.3 is 4.90 Å². The summed E-state index contributed by atoms with van der Waals surface area (Å²) < 4.78 is 0.512. The third-order valence-electron chi connectivity index (χ3n) is 4.53. The van der Waals surface area contributed by atoms with Crippen LogP contribution in [0.2, 0.25) is 5.02 Å². The van der Waals surface area contributed by atoms with Crippen molar-refractivity contribution in [1.29, 1.82) is 0 Å². The van der Waals surface area contributed by atoms with E-state index in [0.717, 1.165) is 11.1 Å². The highest BCUT2D eigenvalue weighted by Gasteiger charge is 2.31. The number of hydrogen-bond donors (Lipinski definition) is 0. The van der Waals surface area contributed by atoms with Crippen LogP contribution in [0.15, 0.2) is 59.5 Å². The van der Waals surface area contributed by atoms with E-state index in [0.29, 0.717) is 40.2 Å². The van der Waals surface area contributed by atoms with Crippen molar-refractivity contribution < 1.29 is 9.59 Å². The van der Waals surface area contributed by atoms with Crippen LogP contribution in [0, 0.1) is 0 Å². The molecule has 0 unspecified atom stereocenters. The molecule has 0 atom stereocenters. The third kappa shape index (κ3) is 5.69. The highest BCUT2D eigenvalue weighted by atomic mass is 35.5. The second-order valence-electron chi connectivity index (χ2n) is 6.69. The van der Waals surface area contributed by atoms with Gasteiger partial charge in [-0.2, -0.15) is 0 Å². The summed E-state index contributed by atoms with van der Waals surface area (Å²) in [5.74, 6) is -0.0871. The molecule has 2 aromatic rings. The zero-order valence-corrected chi connectivity index (χ0v) is 18.4. The summed E-state index contributed by atoms with van der Waals surface area (Å²) in [4.78, 5) is 28.9. The largest absolute Gasteiger partial charge is 0.341 e. The van der Waals surface area contributed by atoms with Crippen molar-refractivity contribution in [1.82, 2.24) is 9.80 Å². The van der Waals surface area contributed by atoms with Gasteiger partial charge in [-0.3, -0.25) is 14.5 Å². The minimum atomic E-state index is -0.134. The molecule has 3 rings (SSSR count). The highest BCUT2D eigenvalue weighted by Crippen LogP contribution is 2.33. The van der Waals surface area contributed by atoms with Crippen LogP contribution >= 0.6 is 35.6 Å². The molecule has 0 aliphatic carbocycles. The standard InChI is InChI=1S/C22H21ClN2O2S2/c1-24(15-16-8-3-2-4-9-16)20(26)12-7-13-25-21(27)19(29-22(25)28)14-17-10-5-6-11-18(17)23/h2-6,8-11,14H,7,12-13,15H2,1H3. The zero-order chi connectivity index (χ0) is 20.8. The van der Waals surface area contributed by atoms with Crippen molar-refractivity contribution in [2.24, 2.45) is 0 Å². The van der Waals surface area contributed by atoms with Gasteiger partial charge in [0.15, 0.2) is 0 Å². The monoisotopic (exact) mass is 444 g/mol. The van der Waals surface area contributed by atoms with E-state index in [2.05, 4.69) is 0 Å². The van der Waals surface area contributed by atoms with Gasteiger partial charge in [-0.05, 0) is 29.7 Å². The average molecular weight is 445 g/mol. The number of thiocarbonyl (C=S) groups is 1. The number of hydrogen-bond acceptors (Lipinski definition) is 4.